The Kier molecular flexibility index (Phi) is 6.17. The van der Waals surface area contributed by atoms with Crippen molar-refractivity contribution in [2.45, 2.75) is 24.8 Å². The molecule has 0 radical (unpaired) electrons. The van der Waals surface area contributed by atoms with E-state index in [0.29, 0.717) is 11.4 Å². The van der Waals surface area contributed by atoms with E-state index >= 15 is 0 Å². The third-order valence-corrected chi connectivity index (χ3v) is 5.10. The van der Waals surface area contributed by atoms with Crippen molar-refractivity contribution in [3.8, 4) is 5.75 Å². The van der Waals surface area contributed by atoms with E-state index in [9.17, 15) is 13.2 Å². The van der Waals surface area contributed by atoms with Crippen molar-refractivity contribution in [3.63, 3.8) is 0 Å². The van der Waals surface area contributed by atoms with Crippen LogP contribution in [0.25, 0.3) is 0 Å². The van der Waals surface area contributed by atoms with Gasteiger partial charge in [-0.3, -0.25) is 4.79 Å². The molecule has 0 heterocycles. The van der Waals surface area contributed by atoms with Gasteiger partial charge in [0.2, 0.25) is 15.9 Å². The molecule has 0 aromatic heterocycles. The molecule has 0 aliphatic heterocycles. The third-order valence-electron chi connectivity index (χ3n) is 3.64. The van der Waals surface area contributed by atoms with Gasteiger partial charge in [0, 0.05) is 5.69 Å². The molecule has 0 bridgehead atoms. The minimum atomic E-state index is -3.78. The second-order valence-corrected chi connectivity index (χ2v) is 7.59. The first-order chi connectivity index (χ1) is 11.8. The number of hydrogen-bond acceptors (Lipinski definition) is 4. The Morgan fingerprint density at radius 3 is 2.12 bits per heavy atom. The molecule has 0 aliphatic carbocycles. The van der Waals surface area contributed by atoms with Gasteiger partial charge in [-0.25, -0.2) is 8.42 Å². The van der Waals surface area contributed by atoms with Gasteiger partial charge in [-0.1, -0.05) is 32.0 Å². The summed E-state index contributed by atoms with van der Waals surface area (Å²) in [4.78, 5) is 12.7. The van der Waals surface area contributed by atoms with Gasteiger partial charge >= 0.3 is 0 Å². The summed E-state index contributed by atoms with van der Waals surface area (Å²) in [7, 11) is -2.23. The van der Waals surface area contributed by atoms with Crippen molar-refractivity contribution < 1.29 is 17.9 Å². The van der Waals surface area contributed by atoms with E-state index < -0.39 is 22.0 Å². The summed E-state index contributed by atoms with van der Waals surface area (Å²) in [5, 5.41) is 2.73. The number of nitrogens with one attached hydrogen (secondary N) is 2. The molecule has 0 fully saturated rings. The highest BCUT2D eigenvalue weighted by molar-refractivity contribution is 7.89. The average Bonchev–Trinajstić information content (AvgIpc) is 2.61. The van der Waals surface area contributed by atoms with Crippen molar-refractivity contribution >= 4 is 21.6 Å². The zero-order valence-corrected chi connectivity index (χ0v) is 15.2. The Morgan fingerprint density at radius 2 is 1.60 bits per heavy atom. The summed E-state index contributed by atoms with van der Waals surface area (Å²) in [6.45, 7) is 3.57. The highest BCUT2D eigenvalue weighted by Gasteiger charge is 2.28. The zero-order chi connectivity index (χ0) is 18.4. The fourth-order valence-electron chi connectivity index (χ4n) is 2.22. The number of rotatable bonds is 7. The smallest absolute Gasteiger partial charge is 0.242 e. The van der Waals surface area contributed by atoms with Gasteiger partial charge in [0.1, 0.15) is 11.8 Å². The molecule has 0 aliphatic rings. The largest absolute Gasteiger partial charge is 0.497 e. The van der Waals surface area contributed by atoms with E-state index in [4.69, 9.17) is 4.74 Å². The molecule has 2 aromatic carbocycles. The minimum absolute atomic E-state index is 0.123. The molecule has 6 nitrogen and oxygen atoms in total. The molecule has 1 amide bonds. The minimum Gasteiger partial charge on any atom is -0.497 e. The summed E-state index contributed by atoms with van der Waals surface area (Å²) < 4.78 is 32.5. The van der Waals surface area contributed by atoms with Crippen LogP contribution in [0.5, 0.6) is 5.75 Å². The molecule has 134 valence electrons. The second kappa shape index (κ2) is 8.13. The van der Waals surface area contributed by atoms with Gasteiger partial charge in [0.15, 0.2) is 0 Å². The molecule has 0 spiro atoms. The first-order valence-corrected chi connectivity index (χ1v) is 9.34. The number of anilines is 1. The molecule has 0 saturated heterocycles. The summed E-state index contributed by atoms with van der Waals surface area (Å²) in [5.74, 6) is 0.0274. The highest BCUT2D eigenvalue weighted by atomic mass is 32.2. The van der Waals surface area contributed by atoms with E-state index in [0.717, 1.165) is 0 Å². The fourth-order valence-corrected chi connectivity index (χ4v) is 3.59. The third kappa shape index (κ3) is 5.04. The van der Waals surface area contributed by atoms with Crippen LogP contribution in [0, 0.1) is 5.92 Å². The second-order valence-electron chi connectivity index (χ2n) is 5.87. The van der Waals surface area contributed by atoms with Crippen LogP contribution in [0.1, 0.15) is 13.8 Å². The number of hydrogen-bond donors (Lipinski definition) is 2. The Labute approximate surface area is 148 Å². The van der Waals surface area contributed by atoms with Crippen LogP contribution < -0.4 is 14.8 Å². The molecule has 1 atom stereocenters. The van der Waals surface area contributed by atoms with Crippen molar-refractivity contribution in [1.82, 2.24) is 4.72 Å². The van der Waals surface area contributed by atoms with Crippen molar-refractivity contribution in [2.75, 3.05) is 12.4 Å². The lowest BCUT2D eigenvalue weighted by Crippen LogP contribution is -2.47. The van der Waals surface area contributed by atoms with Crippen LogP contribution in [-0.2, 0) is 14.8 Å². The molecule has 2 rings (SSSR count). The lowest BCUT2D eigenvalue weighted by molar-refractivity contribution is -0.118. The van der Waals surface area contributed by atoms with Gasteiger partial charge in [-0.15, -0.1) is 0 Å². The summed E-state index contributed by atoms with van der Waals surface area (Å²) in [5.41, 5.74) is 0.565. The molecular formula is C18H22N2O4S. The number of carbonyl (C=O) groups excluding carboxylic acids is 1. The maximum absolute atomic E-state index is 12.5. The van der Waals surface area contributed by atoms with Crippen molar-refractivity contribution in [1.29, 1.82) is 0 Å². The van der Waals surface area contributed by atoms with E-state index in [1.807, 2.05) is 0 Å². The van der Waals surface area contributed by atoms with E-state index in [1.54, 1.807) is 63.4 Å². The SMILES string of the molecule is COc1ccc(NC(=O)C(NS(=O)(=O)c2ccccc2)C(C)C)cc1. The predicted octanol–water partition coefficient (Wildman–Crippen LogP) is 2.64. The fraction of sp³-hybridized carbons (Fsp3) is 0.278. The summed E-state index contributed by atoms with van der Waals surface area (Å²) >= 11 is 0. The number of amides is 1. The van der Waals surface area contributed by atoms with Crippen LogP contribution in [0.15, 0.2) is 59.5 Å². The number of carbonyl (C=O) groups is 1. The highest BCUT2D eigenvalue weighted by Crippen LogP contribution is 2.17. The maximum atomic E-state index is 12.5. The topological polar surface area (TPSA) is 84.5 Å². The standard InChI is InChI=1S/C18H22N2O4S/c1-13(2)17(20-25(22,23)16-7-5-4-6-8-16)18(21)19-14-9-11-15(24-3)12-10-14/h4-13,17,20H,1-3H3,(H,19,21). The summed E-state index contributed by atoms with van der Waals surface area (Å²) in [6, 6.07) is 13.9. The Balaban J connectivity index is 2.15. The van der Waals surface area contributed by atoms with Crippen LogP contribution in [0.3, 0.4) is 0 Å². The average molecular weight is 362 g/mol. The van der Waals surface area contributed by atoms with E-state index in [2.05, 4.69) is 10.0 Å². The van der Waals surface area contributed by atoms with Crippen LogP contribution in [0.2, 0.25) is 0 Å². The van der Waals surface area contributed by atoms with Gasteiger partial charge in [-0.05, 0) is 42.3 Å². The molecule has 0 saturated carbocycles. The van der Waals surface area contributed by atoms with Crippen LogP contribution in [0.4, 0.5) is 5.69 Å². The molecular weight excluding hydrogens is 340 g/mol. The zero-order valence-electron chi connectivity index (χ0n) is 14.4. The molecule has 25 heavy (non-hydrogen) atoms. The monoisotopic (exact) mass is 362 g/mol. The van der Waals surface area contributed by atoms with E-state index in [1.165, 1.54) is 12.1 Å². The Morgan fingerprint density at radius 1 is 1.00 bits per heavy atom. The Hall–Kier alpha value is -2.38. The number of ether oxygens (including phenoxy) is 1. The van der Waals surface area contributed by atoms with Crippen LogP contribution in [-0.4, -0.2) is 27.5 Å². The maximum Gasteiger partial charge on any atom is 0.242 e. The van der Waals surface area contributed by atoms with Gasteiger partial charge in [0.05, 0.1) is 12.0 Å². The molecule has 7 heteroatoms. The first kappa shape index (κ1) is 19.0. The molecule has 2 N–H and O–H groups in total. The van der Waals surface area contributed by atoms with Crippen molar-refractivity contribution in [3.05, 3.63) is 54.6 Å². The van der Waals surface area contributed by atoms with Crippen LogP contribution >= 0.6 is 0 Å². The number of methoxy groups -OCH3 is 1. The number of sulfonamides is 1. The molecule has 2 aromatic rings. The lowest BCUT2D eigenvalue weighted by atomic mass is 10.0. The predicted molar refractivity (Wildman–Crippen MR) is 97.0 cm³/mol. The normalized spacial score (nSPS) is 12.6. The van der Waals surface area contributed by atoms with Gasteiger partial charge in [0.25, 0.3) is 0 Å². The molecule has 1 unspecified atom stereocenters. The Bertz CT molecular complexity index is 803. The van der Waals surface area contributed by atoms with E-state index in [-0.39, 0.29) is 10.8 Å². The van der Waals surface area contributed by atoms with Crippen molar-refractivity contribution in [2.24, 2.45) is 5.92 Å². The van der Waals surface area contributed by atoms with Gasteiger partial charge < -0.3 is 10.1 Å². The lowest BCUT2D eigenvalue weighted by Gasteiger charge is -2.21. The quantitative estimate of drug-likeness (QED) is 0.793. The summed E-state index contributed by atoms with van der Waals surface area (Å²) in [6.07, 6.45) is 0. The number of benzene rings is 2. The van der Waals surface area contributed by atoms with Gasteiger partial charge in [-0.2, -0.15) is 4.72 Å². The first-order valence-electron chi connectivity index (χ1n) is 7.86.